The fraction of sp³-hybridized carbons (Fsp3) is 0.208. The molecule has 0 aliphatic carbocycles. The van der Waals surface area contributed by atoms with Crippen molar-refractivity contribution >= 4 is 28.7 Å². The maximum atomic E-state index is 12.7. The highest BCUT2D eigenvalue weighted by atomic mass is 16.2. The monoisotopic (exact) mass is 426 g/mol. The van der Waals surface area contributed by atoms with Gasteiger partial charge in [-0.05, 0) is 37.1 Å². The number of amides is 2. The Hall–Kier alpha value is -4.07. The highest BCUT2D eigenvalue weighted by molar-refractivity contribution is 5.95. The number of nitrogens with zero attached hydrogens (tertiary/aromatic N) is 4. The first kappa shape index (κ1) is 19.9. The van der Waals surface area contributed by atoms with E-state index in [0.29, 0.717) is 43.0 Å². The Balaban J connectivity index is 1.20. The van der Waals surface area contributed by atoms with Crippen molar-refractivity contribution < 1.29 is 9.59 Å². The highest BCUT2D eigenvalue weighted by Crippen LogP contribution is 2.22. The van der Waals surface area contributed by atoms with Crippen LogP contribution >= 0.6 is 0 Å². The third-order valence-electron chi connectivity index (χ3n) is 5.74. The van der Waals surface area contributed by atoms with Gasteiger partial charge in [-0.2, -0.15) is 4.98 Å². The lowest BCUT2D eigenvalue weighted by atomic mass is 9.95. The largest absolute Gasteiger partial charge is 0.339 e. The van der Waals surface area contributed by atoms with Crippen molar-refractivity contribution in [2.24, 2.45) is 5.92 Å². The van der Waals surface area contributed by atoms with Crippen LogP contribution in [0.5, 0.6) is 0 Å². The first-order valence-corrected chi connectivity index (χ1v) is 10.6. The third-order valence-corrected chi connectivity index (χ3v) is 5.74. The number of nitrogens with one attached hydrogen (secondary N) is 2. The topological polar surface area (TPSA) is 104 Å². The summed E-state index contributed by atoms with van der Waals surface area (Å²) >= 11 is 0. The molecule has 2 aromatic heterocycles. The number of fused-ring (bicyclic) bond motifs is 1. The summed E-state index contributed by atoms with van der Waals surface area (Å²) in [6, 6.07) is 20.9. The van der Waals surface area contributed by atoms with E-state index in [1.54, 1.807) is 4.90 Å². The van der Waals surface area contributed by atoms with Gasteiger partial charge >= 0.3 is 0 Å². The van der Waals surface area contributed by atoms with Crippen molar-refractivity contribution in [2.75, 3.05) is 18.4 Å². The second-order valence-electron chi connectivity index (χ2n) is 7.82. The van der Waals surface area contributed by atoms with Gasteiger partial charge < -0.3 is 4.90 Å². The minimum Gasteiger partial charge on any atom is -0.339 e. The van der Waals surface area contributed by atoms with E-state index in [1.807, 2.05) is 66.7 Å². The highest BCUT2D eigenvalue weighted by Gasteiger charge is 2.28. The van der Waals surface area contributed by atoms with Crippen LogP contribution < -0.4 is 5.32 Å². The Labute approximate surface area is 184 Å². The Morgan fingerprint density at radius 3 is 2.47 bits per heavy atom. The molecule has 8 nitrogen and oxygen atoms in total. The molecular formula is C24H22N6O2. The van der Waals surface area contributed by atoms with Gasteiger partial charge in [0.1, 0.15) is 5.69 Å². The van der Waals surface area contributed by atoms with Gasteiger partial charge in [0.2, 0.25) is 11.9 Å². The normalized spacial score (nSPS) is 14.4. The van der Waals surface area contributed by atoms with Crippen LogP contribution in [0.15, 0.2) is 66.7 Å². The lowest BCUT2D eigenvalue weighted by Gasteiger charge is -2.31. The van der Waals surface area contributed by atoms with Crippen LogP contribution in [0, 0.1) is 5.92 Å². The number of anilines is 1. The Morgan fingerprint density at radius 1 is 0.906 bits per heavy atom. The number of benzene rings is 2. The fourth-order valence-corrected chi connectivity index (χ4v) is 3.95. The number of carbonyl (C=O) groups is 2. The molecule has 5 rings (SSSR count). The summed E-state index contributed by atoms with van der Waals surface area (Å²) in [6.07, 6.45) is 1.21. The number of carbonyl (C=O) groups excluding carboxylic acids is 2. The van der Waals surface area contributed by atoms with Gasteiger partial charge in [0.05, 0.1) is 5.52 Å². The molecule has 0 atom stereocenters. The van der Waals surface area contributed by atoms with E-state index in [2.05, 4.69) is 25.5 Å². The fourth-order valence-electron chi connectivity index (χ4n) is 3.95. The summed E-state index contributed by atoms with van der Waals surface area (Å²) in [7, 11) is 0. The molecule has 1 aliphatic rings. The molecule has 0 bridgehead atoms. The van der Waals surface area contributed by atoms with Crippen LogP contribution in [0.25, 0.3) is 22.4 Å². The number of pyridine rings is 1. The Morgan fingerprint density at radius 2 is 1.66 bits per heavy atom. The molecular weight excluding hydrogens is 404 g/mol. The number of rotatable bonds is 4. The van der Waals surface area contributed by atoms with Gasteiger partial charge in [-0.3, -0.25) is 20.0 Å². The van der Waals surface area contributed by atoms with E-state index >= 15 is 0 Å². The average molecular weight is 426 g/mol. The van der Waals surface area contributed by atoms with E-state index in [0.717, 1.165) is 10.9 Å². The lowest BCUT2D eigenvalue weighted by Crippen LogP contribution is -2.41. The molecule has 32 heavy (non-hydrogen) atoms. The van der Waals surface area contributed by atoms with Gasteiger partial charge in [0, 0.05) is 30.0 Å². The van der Waals surface area contributed by atoms with E-state index in [4.69, 9.17) is 0 Å². The molecule has 1 aliphatic heterocycles. The summed E-state index contributed by atoms with van der Waals surface area (Å²) in [5.41, 5.74) is 2.19. The van der Waals surface area contributed by atoms with Gasteiger partial charge in [-0.1, -0.05) is 42.5 Å². The molecule has 4 aromatic rings. The zero-order chi connectivity index (χ0) is 21.9. The molecule has 0 radical (unpaired) electrons. The molecule has 0 spiro atoms. The maximum absolute atomic E-state index is 12.7. The van der Waals surface area contributed by atoms with Crippen molar-refractivity contribution in [3.05, 3.63) is 72.3 Å². The summed E-state index contributed by atoms with van der Waals surface area (Å²) in [6.45, 7) is 1.10. The van der Waals surface area contributed by atoms with Crippen molar-refractivity contribution in [3.8, 4) is 11.5 Å². The minimum absolute atomic E-state index is 0.00551. The van der Waals surface area contributed by atoms with Crippen LogP contribution in [0.2, 0.25) is 0 Å². The number of hydrogen-bond acceptors (Lipinski definition) is 5. The first-order chi connectivity index (χ1) is 15.7. The van der Waals surface area contributed by atoms with E-state index in [9.17, 15) is 9.59 Å². The van der Waals surface area contributed by atoms with Crippen LogP contribution in [-0.2, 0) is 4.79 Å². The summed E-state index contributed by atoms with van der Waals surface area (Å²) in [5, 5.41) is 10.8. The molecule has 1 saturated heterocycles. The Bertz CT molecular complexity index is 1260. The molecule has 8 heteroatoms. The standard InChI is InChI=1S/C24H22N6O2/c31-22(17-12-14-30(15-13-17)23(32)18-7-2-1-3-8-18)27-24-26-21(28-29-24)20-11-10-16-6-4-5-9-19(16)25-20/h1-11,17H,12-15H2,(H2,26,27,28,29,31). The van der Waals surface area contributed by atoms with E-state index in [-0.39, 0.29) is 23.7 Å². The number of para-hydroxylation sites is 1. The van der Waals surface area contributed by atoms with Gasteiger partial charge in [-0.15, -0.1) is 5.10 Å². The smallest absolute Gasteiger partial charge is 0.253 e. The van der Waals surface area contributed by atoms with Crippen LogP contribution in [0.4, 0.5) is 5.95 Å². The second-order valence-corrected chi connectivity index (χ2v) is 7.82. The molecule has 2 aromatic carbocycles. The molecule has 1 fully saturated rings. The minimum atomic E-state index is -0.185. The predicted octanol–water partition coefficient (Wildman–Crippen LogP) is 3.51. The number of H-pyrrole nitrogens is 1. The van der Waals surface area contributed by atoms with Crippen molar-refractivity contribution in [1.29, 1.82) is 0 Å². The molecule has 3 heterocycles. The molecule has 0 unspecified atom stereocenters. The maximum Gasteiger partial charge on any atom is 0.253 e. The molecule has 2 amide bonds. The van der Waals surface area contributed by atoms with E-state index < -0.39 is 0 Å². The van der Waals surface area contributed by atoms with Crippen LogP contribution in [-0.4, -0.2) is 50.0 Å². The quantitative estimate of drug-likeness (QED) is 0.520. The van der Waals surface area contributed by atoms with E-state index in [1.165, 1.54) is 0 Å². The number of hydrogen-bond donors (Lipinski definition) is 2. The summed E-state index contributed by atoms with van der Waals surface area (Å²) in [4.78, 5) is 36.1. The number of aromatic nitrogens is 4. The zero-order valence-electron chi connectivity index (χ0n) is 17.4. The first-order valence-electron chi connectivity index (χ1n) is 10.6. The van der Waals surface area contributed by atoms with Gasteiger partial charge in [0.25, 0.3) is 5.91 Å². The van der Waals surface area contributed by atoms with Crippen molar-refractivity contribution in [1.82, 2.24) is 25.1 Å². The third kappa shape index (κ3) is 4.07. The molecule has 2 N–H and O–H groups in total. The summed E-state index contributed by atoms with van der Waals surface area (Å²) in [5.74, 6) is 0.410. The van der Waals surface area contributed by atoms with Crippen molar-refractivity contribution in [2.45, 2.75) is 12.8 Å². The zero-order valence-corrected chi connectivity index (χ0v) is 17.4. The van der Waals surface area contributed by atoms with Crippen LogP contribution in [0.1, 0.15) is 23.2 Å². The van der Waals surface area contributed by atoms with Gasteiger partial charge in [-0.25, -0.2) is 4.98 Å². The number of aromatic amines is 1. The molecule has 160 valence electrons. The molecule has 0 saturated carbocycles. The lowest BCUT2D eigenvalue weighted by molar-refractivity contribution is -0.121. The SMILES string of the molecule is O=C(Nc1n[nH]c(-c2ccc3ccccc3n2)n1)C1CCN(C(=O)c2ccccc2)CC1. The van der Waals surface area contributed by atoms with Gasteiger partial charge in [0.15, 0.2) is 5.82 Å². The Kier molecular flexibility index (Phi) is 5.33. The average Bonchev–Trinajstić information content (AvgIpc) is 3.32. The number of piperidine rings is 1. The summed E-state index contributed by atoms with van der Waals surface area (Å²) < 4.78 is 0. The second kappa shape index (κ2) is 8.58. The number of likely N-dealkylation sites (tertiary alicyclic amines) is 1. The van der Waals surface area contributed by atoms with Crippen molar-refractivity contribution in [3.63, 3.8) is 0 Å². The predicted molar refractivity (Wildman–Crippen MR) is 121 cm³/mol. The van der Waals surface area contributed by atoms with Crippen LogP contribution in [0.3, 0.4) is 0 Å².